The molecular formula is C21H30N4O6. The Hall–Kier alpha value is -3.30. The molecule has 0 aliphatic carbocycles. The van der Waals surface area contributed by atoms with Gasteiger partial charge in [-0.3, -0.25) is 19.4 Å². The summed E-state index contributed by atoms with van der Waals surface area (Å²) < 4.78 is 10.3. The highest BCUT2D eigenvalue weighted by molar-refractivity contribution is 5.84. The fraction of sp³-hybridized carbons (Fsp3) is 0.524. The zero-order valence-corrected chi connectivity index (χ0v) is 18.2. The second kappa shape index (κ2) is 11.2. The van der Waals surface area contributed by atoms with Crippen molar-refractivity contribution < 1.29 is 28.7 Å². The Balaban J connectivity index is 0.000000225. The van der Waals surface area contributed by atoms with Gasteiger partial charge in [0.15, 0.2) is 0 Å². The Morgan fingerprint density at radius 3 is 1.90 bits per heavy atom. The molecule has 4 amide bonds. The van der Waals surface area contributed by atoms with Crippen LogP contribution in [0.5, 0.6) is 0 Å². The molecule has 2 fully saturated rings. The molecule has 0 unspecified atom stereocenters. The van der Waals surface area contributed by atoms with Gasteiger partial charge in [0.05, 0.1) is 0 Å². The van der Waals surface area contributed by atoms with E-state index < -0.39 is 17.8 Å². The highest BCUT2D eigenvalue weighted by Crippen LogP contribution is 2.10. The molecule has 0 spiro atoms. The molecular weight excluding hydrogens is 404 g/mol. The third-order valence-corrected chi connectivity index (χ3v) is 4.19. The van der Waals surface area contributed by atoms with E-state index in [9.17, 15) is 19.2 Å². The number of hydrogen-bond acceptors (Lipinski definition) is 6. The zero-order valence-electron chi connectivity index (χ0n) is 18.2. The molecule has 2 N–H and O–H groups in total. The predicted molar refractivity (Wildman–Crippen MR) is 112 cm³/mol. The summed E-state index contributed by atoms with van der Waals surface area (Å²) in [6, 6.07) is 9.45. The summed E-state index contributed by atoms with van der Waals surface area (Å²) in [6.45, 7) is 7.80. The van der Waals surface area contributed by atoms with E-state index >= 15 is 0 Å². The van der Waals surface area contributed by atoms with Gasteiger partial charge < -0.3 is 20.1 Å². The van der Waals surface area contributed by atoms with Crippen LogP contribution in [0.3, 0.4) is 0 Å². The molecule has 3 rings (SSSR count). The maximum Gasteiger partial charge on any atom is 0.410 e. The quantitative estimate of drug-likeness (QED) is 0.720. The SMILES string of the molecule is CC(C)(C)OC(=O)N1CCNC(=O)C1.O=C1CN(C(=O)OCc2ccccc2)CCN1. The molecule has 0 bridgehead atoms. The fourth-order valence-corrected chi connectivity index (χ4v) is 2.73. The monoisotopic (exact) mass is 434 g/mol. The van der Waals surface area contributed by atoms with Crippen molar-refractivity contribution in [1.82, 2.24) is 20.4 Å². The number of amides is 4. The lowest BCUT2D eigenvalue weighted by Crippen LogP contribution is -2.51. The third-order valence-electron chi connectivity index (χ3n) is 4.19. The van der Waals surface area contributed by atoms with E-state index in [2.05, 4.69) is 10.6 Å². The Morgan fingerprint density at radius 2 is 1.42 bits per heavy atom. The van der Waals surface area contributed by atoms with Crippen molar-refractivity contribution in [3.63, 3.8) is 0 Å². The van der Waals surface area contributed by atoms with Crippen molar-refractivity contribution in [2.24, 2.45) is 0 Å². The second-order valence-corrected chi connectivity index (χ2v) is 8.06. The van der Waals surface area contributed by atoms with E-state index in [1.165, 1.54) is 9.80 Å². The van der Waals surface area contributed by atoms with Crippen LogP contribution in [0.15, 0.2) is 30.3 Å². The van der Waals surface area contributed by atoms with Gasteiger partial charge in [0.25, 0.3) is 0 Å². The summed E-state index contributed by atoms with van der Waals surface area (Å²) in [7, 11) is 0. The molecule has 1 aromatic carbocycles. The lowest BCUT2D eigenvalue weighted by molar-refractivity contribution is -0.124. The van der Waals surface area contributed by atoms with Gasteiger partial charge in [-0.2, -0.15) is 0 Å². The van der Waals surface area contributed by atoms with Gasteiger partial charge in [-0.25, -0.2) is 9.59 Å². The molecule has 2 saturated heterocycles. The topological polar surface area (TPSA) is 117 Å². The number of piperazine rings is 2. The molecule has 2 aliphatic rings. The highest BCUT2D eigenvalue weighted by Gasteiger charge is 2.26. The number of nitrogens with zero attached hydrogens (tertiary/aromatic N) is 2. The van der Waals surface area contributed by atoms with E-state index in [4.69, 9.17) is 9.47 Å². The molecule has 31 heavy (non-hydrogen) atoms. The smallest absolute Gasteiger partial charge is 0.410 e. The standard InChI is InChI=1S/C12H14N2O3.C9H16N2O3/c15-11-8-14(7-6-13-11)12(16)17-9-10-4-2-1-3-5-10;1-9(2,3)14-8(13)11-5-4-10-7(12)6-11/h1-5H,6-9H2,(H,13,15);4-6H2,1-3H3,(H,10,12). The average Bonchev–Trinajstić information content (AvgIpc) is 2.72. The van der Waals surface area contributed by atoms with Crippen LogP contribution in [-0.4, -0.2) is 78.7 Å². The number of rotatable bonds is 2. The number of benzene rings is 1. The van der Waals surface area contributed by atoms with Crippen molar-refractivity contribution in [2.45, 2.75) is 33.0 Å². The zero-order chi connectivity index (χ0) is 22.9. The fourth-order valence-electron chi connectivity index (χ4n) is 2.73. The van der Waals surface area contributed by atoms with Crippen LogP contribution in [0.4, 0.5) is 9.59 Å². The molecule has 2 aliphatic heterocycles. The normalized spacial score (nSPS) is 16.4. The van der Waals surface area contributed by atoms with Gasteiger partial charge in [-0.05, 0) is 26.3 Å². The van der Waals surface area contributed by atoms with Gasteiger partial charge in [0.1, 0.15) is 25.3 Å². The average molecular weight is 434 g/mol. The predicted octanol–water partition coefficient (Wildman–Crippen LogP) is 1.11. The van der Waals surface area contributed by atoms with E-state index in [1.807, 2.05) is 30.3 Å². The van der Waals surface area contributed by atoms with Crippen molar-refractivity contribution >= 4 is 24.0 Å². The number of ether oxygens (including phenoxy) is 2. The summed E-state index contributed by atoms with van der Waals surface area (Å²) in [5.41, 5.74) is 0.424. The number of hydrogen-bond donors (Lipinski definition) is 2. The molecule has 0 aromatic heterocycles. The summed E-state index contributed by atoms with van der Waals surface area (Å²) in [5.74, 6) is -0.282. The van der Waals surface area contributed by atoms with Crippen LogP contribution in [-0.2, 0) is 25.7 Å². The van der Waals surface area contributed by atoms with Crippen LogP contribution >= 0.6 is 0 Å². The van der Waals surface area contributed by atoms with E-state index in [1.54, 1.807) is 20.8 Å². The van der Waals surface area contributed by atoms with Crippen LogP contribution in [0.2, 0.25) is 0 Å². The number of carbonyl (C=O) groups is 4. The third kappa shape index (κ3) is 8.93. The van der Waals surface area contributed by atoms with Crippen LogP contribution in [0.25, 0.3) is 0 Å². The van der Waals surface area contributed by atoms with Crippen LogP contribution in [0, 0.1) is 0 Å². The molecule has 2 heterocycles. The van der Waals surface area contributed by atoms with E-state index in [-0.39, 0.29) is 31.5 Å². The second-order valence-electron chi connectivity index (χ2n) is 8.06. The van der Waals surface area contributed by atoms with Crippen molar-refractivity contribution in [1.29, 1.82) is 0 Å². The molecule has 0 atom stereocenters. The first kappa shape index (κ1) is 24.0. The maximum atomic E-state index is 11.6. The molecule has 0 saturated carbocycles. The molecule has 10 nitrogen and oxygen atoms in total. The van der Waals surface area contributed by atoms with Crippen LogP contribution < -0.4 is 10.6 Å². The minimum absolute atomic E-state index is 0.0770. The van der Waals surface area contributed by atoms with Crippen molar-refractivity contribution in [2.75, 3.05) is 39.3 Å². The number of carbonyl (C=O) groups excluding carboxylic acids is 4. The largest absolute Gasteiger partial charge is 0.445 e. The lowest BCUT2D eigenvalue weighted by atomic mass is 10.2. The minimum atomic E-state index is -0.509. The van der Waals surface area contributed by atoms with Crippen LogP contribution in [0.1, 0.15) is 26.3 Å². The summed E-state index contributed by atoms with van der Waals surface area (Å²) >= 11 is 0. The van der Waals surface area contributed by atoms with Crippen molar-refractivity contribution in [3.05, 3.63) is 35.9 Å². The maximum absolute atomic E-state index is 11.6. The van der Waals surface area contributed by atoms with Gasteiger partial charge in [0, 0.05) is 26.2 Å². The Morgan fingerprint density at radius 1 is 0.903 bits per heavy atom. The Bertz CT molecular complexity index is 778. The Labute approximate surface area is 181 Å². The molecule has 0 radical (unpaired) electrons. The summed E-state index contributed by atoms with van der Waals surface area (Å²) in [4.78, 5) is 48.0. The Kier molecular flexibility index (Phi) is 8.65. The summed E-state index contributed by atoms with van der Waals surface area (Å²) in [6.07, 6.45) is -0.865. The van der Waals surface area contributed by atoms with E-state index in [0.717, 1.165) is 5.56 Å². The lowest BCUT2D eigenvalue weighted by Gasteiger charge is -2.29. The minimum Gasteiger partial charge on any atom is -0.445 e. The first-order valence-corrected chi connectivity index (χ1v) is 10.1. The van der Waals surface area contributed by atoms with Gasteiger partial charge >= 0.3 is 12.2 Å². The van der Waals surface area contributed by atoms with Gasteiger partial charge in [-0.15, -0.1) is 0 Å². The first-order valence-electron chi connectivity index (χ1n) is 10.1. The van der Waals surface area contributed by atoms with E-state index in [0.29, 0.717) is 26.2 Å². The summed E-state index contributed by atoms with van der Waals surface area (Å²) in [5, 5.41) is 5.29. The molecule has 10 heteroatoms. The van der Waals surface area contributed by atoms with Gasteiger partial charge in [-0.1, -0.05) is 30.3 Å². The highest BCUT2D eigenvalue weighted by atomic mass is 16.6. The number of nitrogens with one attached hydrogen (secondary N) is 2. The first-order chi connectivity index (χ1) is 14.6. The van der Waals surface area contributed by atoms with Gasteiger partial charge in [0.2, 0.25) is 11.8 Å². The van der Waals surface area contributed by atoms with Crippen molar-refractivity contribution in [3.8, 4) is 0 Å². The molecule has 1 aromatic rings. The molecule has 170 valence electrons.